The second-order valence-electron chi connectivity index (χ2n) is 16.0. The maximum absolute atomic E-state index is 13.6. The molecule has 10 nitrogen and oxygen atoms in total. The summed E-state index contributed by atoms with van der Waals surface area (Å²) in [5.41, 5.74) is -2.65. The fraction of sp³-hybridized carbons (Fsp3) is 0.871. The van der Waals surface area contributed by atoms with E-state index in [0.29, 0.717) is 51.6 Å². The van der Waals surface area contributed by atoms with E-state index in [4.69, 9.17) is 0 Å². The van der Waals surface area contributed by atoms with E-state index in [2.05, 4.69) is 96.8 Å². The first-order valence-corrected chi connectivity index (χ1v) is 15.4. The van der Waals surface area contributed by atoms with Gasteiger partial charge in [0.15, 0.2) is 0 Å². The Balaban J connectivity index is 1.31. The molecular formula is C31H54N6O4. The van der Waals surface area contributed by atoms with E-state index < -0.39 is 11.1 Å². The van der Waals surface area contributed by atoms with Gasteiger partial charge in [-0.15, -0.1) is 0 Å². The highest BCUT2D eigenvalue weighted by atomic mass is 16.2. The highest BCUT2D eigenvalue weighted by Gasteiger charge is 2.61. The lowest BCUT2D eigenvalue weighted by molar-refractivity contribution is -0.140. The first-order chi connectivity index (χ1) is 18.6. The minimum atomic E-state index is -0.865. The van der Waals surface area contributed by atoms with Gasteiger partial charge in [-0.1, -0.05) is 6.92 Å². The predicted molar refractivity (Wildman–Crippen MR) is 159 cm³/mol. The van der Waals surface area contributed by atoms with Gasteiger partial charge in [-0.2, -0.15) is 0 Å². The average molecular weight is 575 g/mol. The number of rotatable bonds is 7. The number of carbonyl (C=O) groups excluding carboxylic acids is 4. The van der Waals surface area contributed by atoms with Crippen LogP contribution in [0.5, 0.6) is 0 Å². The summed E-state index contributed by atoms with van der Waals surface area (Å²) in [5.74, 6) is 0.00372. The summed E-state index contributed by atoms with van der Waals surface area (Å²) >= 11 is 0. The van der Waals surface area contributed by atoms with Crippen LogP contribution >= 0.6 is 0 Å². The van der Waals surface area contributed by atoms with Crippen molar-refractivity contribution in [2.75, 3.05) is 27.2 Å². The van der Waals surface area contributed by atoms with Gasteiger partial charge in [0, 0.05) is 35.2 Å². The van der Waals surface area contributed by atoms with Crippen LogP contribution in [-0.2, 0) is 9.59 Å². The summed E-state index contributed by atoms with van der Waals surface area (Å²) in [6, 6.07) is -0.598. The SMILES string of the molecule is CC(CCCN1C(=O)NC2(CC(C)(C)N(C)C(C)(C)C2)C1=O)CCN1C(=O)NC2(CC(C)(C)N(C)C(C)(C)C2)C1=O. The van der Waals surface area contributed by atoms with Crippen LogP contribution in [0.2, 0.25) is 0 Å². The van der Waals surface area contributed by atoms with E-state index in [1.54, 1.807) is 0 Å². The molecule has 4 aliphatic rings. The molecule has 0 radical (unpaired) electrons. The number of imide groups is 2. The smallest absolute Gasteiger partial charge is 0.323 e. The highest BCUT2D eigenvalue weighted by molar-refractivity contribution is 6.08. The number of likely N-dealkylation sites (tertiary alicyclic amines) is 2. The van der Waals surface area contributed by atoms with Crippen molar-refractivity contribution in [3.8, 4) is 0 Å². The summed E-state index contributed by atoms with van der Waals surface area (Å²) in [5, 5.41) is 6.15. The largest absolute Gasteiger partial charge is 0.325 e. The number of nitrogens with one attached hydrogen (secondary N) is 2. The van der Waals surface area contributed by atoms with E-state index in [9.17, 15) is 19.2 Å². The molecule has 4 aliphatic heterocycles. The van der Waals surface area contributed by atoms with Crippen molar-refractivity contribution in [3.05, 3.63) is 0 Å². The molecule has 41 heavy (non-hydrogen) atoms. The van der Waals surface area contributed by atoms with Gasteiger partial charge in [-0.3, -0.25) is 29.2 Å². The Morgan fingerprint density at radius 1 is 0.610 bits per heavy atom. The van der Waals surface area contributed by atoms with Crippen LogP contribution in [-0.4, -0.2) is 104 Å². The molecule has 0 aromatic rings. The van der Waals surface area contributed by atoms with Crippen molar-refractivity contribution in [1.29, 1.82) is 0 Å². The molecule has 0 aromatic heterocycles. The van der Waals surface area contributed by atoms with Crippen molar-refractivity contribution in [1.82, 2.24) is 30.2 Å². The lowest BCUT2D eigenvalue weighted by Gasteiger charge is -2.56. The van der Waals surface area contributed by atoms with Gasteiger partial charge in [-0.25, -0.2) is 9.59 Å². The van der Waals surface area contributed by atoms with Gasteiger partial charge >= 0.3 is 12.1 Å². The van der Waals surface area contributed by atoms with Crippen molar-refractivity contribution < 1.29 is 19.2 Å². The summed E-state index contributed by atoms with van der Waals surface area (Å²) in [4.78, 5) is 60.6. The Bertz CT molecular complexity index is 1080. The van der Waals surface area contributed by atoms with E-state index in [0.717, 1.165) is 6.42 Å². The maximum Gasteiger partial charge on any atom is 0.325 e. The number of piperidine rings is 2. The maximum atomic E-state index is 13.6. The van der Waals surface area contributed by atoms with Gasteiger partial charge in [0.25, 0.3) is 11.8 Å². The first kappa shape index (κ1) is 31.7. The number of hydrogen-bond acceptors (Lipinski definition) is 6. The summed E-state index contributed by atoms with van der Waals surface area (Å²) < 4.78 is 0. The third kappa shape index (κ3) is 5.39. The predicted octanol–water partition coefficient (Wildman–Crippen LogP) is 3.94. The second-order valence-corrected chi connectivity index (χ2v) is 16.0. The summed E-state index contributed by atoms with van der Waals surface area (Å²) in [6.45, 7) is 19.9. The second kappa shape index (κ2) is 9.93. The van der Waals surface area contributed by atoms with Gasteiger partial charge in [-0.05, 0) is 120 Å². The van der Waals surface area contributed by atoms with Crippen LogP contribution < -0.4 is 10.6 Å². The minimum absolute atomic E-state index is 0.113. The standard InChI is InChI=1S/C31H54N6O4/c1-21(14-16-37-23(39)31(33-25(37)41)19-28(6,7)35(11)29(8,9)20-31)13-12-15-36-22(38)30(32-24(36)40)17-26(2,3)34(10)27(4,5)18-30/h21H,12-20H2,1-11H3,(H,32,40)(H,33,41). The molecule has 10 heteroatoms. The third-order valence-electron chi connectivity index (χ3n) is 11.0. The molecule has 2 spiro atoms. The third-order valence-corrected chi connectivity index (χ3v) is 11.0. The van der Waals surface area contributed by atoms with Crippen LogP contribution in [0.4, 0.5) is 9.59 Å². The number of hydrogen-bond donors (Lipinski definition) is 2. The number of amides is 6. The van der Waals surface area contributed by atoms with Crippen molar-refractivity contribution in [2.24, 2.45) is 5.92 Å². The van der Waals surface area contributed by atoms with Crippen LogP contribution in [0.15, 0.2) is 0 Å². The topological polar surface area (TPSA) is 105 Å². The lowest BCUT2D eigenvalue weighted by atomic mass is 9.69. The molecular weight excluding hydrogens is 520 g/mol. The summed E-state index contributed by atoms with van der Waals surface area (Å²) in [7, 11) is 4.17. The normalized spacial score (nSPS) is 28.9. The molecule has 2 N–H and O–H groups in total. The molecule has 1 unspecified atom stereocenters. The molecule has 0 aliphatic carbocycles. The van der Waals surface area contributed by atoms with Gasteiger partial charge in [0.05, 0.1) is 0 Å². The zero-order valence-electron chi connectivity index (χ0n) is 27.4. The zero-order chi connectivity index (χ0) is 31.0. The van der Waals surface area contributed by atoms with Gasteiger partial charge in [0.1, 0.15) is 11.1 Å². The molecule has 0 aromatic carbocycles. The Morgan fingerprint density at radius 3 is 1.32 bits per heavy atom. The number of urea groups is 2. The van der Waals surface area contributed by atoms with E-state index in [-0.39, 0.29) is 52.0 Å². The summed E-state index contributed by atoms with van der Waals surface area (Å²) in [6.07, 6.45) is 4.47. The fourth-order valence-corrected chi connectivity index (χ4v) is 8.52. The fourth-order valence-electron chi connectivity index (χ4n) is 8.52. The van der Waals surface area contributed by atoms with Gasteiger partial charge < -0.3 is 10.6 Å². The van der Waals surface area contributed by atoms with Crippen molar-refractivity contribution in [2.45, 2.75) is 140 Å². The number of carbonyl (C=O) groups is 4. The number of nitrogens with zero attached hydrogens (tertiary/aromatic N) is 4. The Morgan fingerprint density at radius 2 is 0.951 bits per heavy atom. The van der Waals surface area contributed by atoms with E-state index in [1.165, 1.54) is 9.80 Å². The average Bonchev–Trinajstić information content (AvgIpc) is 3.16. The monoisotopic (exact) mass is 574 g/mol. The lowest BCUT2D eigenvalue weighted by Crippen LogP contribution is -2.68. The van der Waals surface area contributed by atoms with Crippen molar-refractivity contribution >= 4 is 23.9 Å². The molecule has 4 rings (SSSR count). The van der Waals surface area contributed by atoms with Crippen LogP contribution in [0.25, 0.3) is 0 Å². The quantitative estimate of drug-likeness (QED) is 0.447. The Labute approximate surface area is 246 Å². The molecule has 4 heterocycles. The minimum Gasteiger partial charge on any atom is -0.323 e. The van der Waals surface area contributed by atoms with E-state index in [1.807, 2.05) is 0 Å². The first-order valence-electron chi connectivity index (χ1n) is 15.4. The van der Waals surface area contributed by atoms with Gasteiger partial charge in [0.2, 0.25) is 0 Å². The molecule has 232 valence electrons. The molecule has 1 atom stereocenters. The Kier molecular flexibility index (Phi) is 7.68. The van der Waals surface area contributed by atoms with Crippen molar-refractivity contribution in [3.63, 3.8) is 0 Å². The molecule has 4 saturated heterocycles. The zero-order valence-corrected chi connectivity index (χ0v) is 27.4. The van der Waals surface area contributed by atoms with Crippen LogP contribution in [0.1, 0.15) is 107 Å². The van der Waals surface area contributed by atoms with E-state index >= 15 is 0 Å². The Hall–Kier alpha value is -2.20. The molecule has 6 amide bonds. The molecule has 0 saturated carbocycles. The highest BCUT2D eigenvalue weighted by Crippen LogP contribution is 2.46. The molecule has 0 bridgehead atoms. The van der Waals surface area contributed by atoms with Crippen LogP contribution in [0, 0.1) is 5.92 Å². The van der Waals surface area contributed by atoms with Crippen LogP contribution in [0.3, 0.4) is 0 Å². The molecule has 4 fully saturated rings.